The Hall–Kier alpha value is -0.480. The monoisotopic (exact) mass is 228 g/mol. The van der Waals surface area contributed by atoms with Crippen LogP contribution in [0.1, 0.15) is 37.6 Å². The number of thioether (sulfide) groups is 1. The van der Waals surface area contributed by atoms with E-state index >= 15 is 0 Å². The number of aryl methyl sites for hydroxylation is 2. The minimum atomic E-state index is 0.346. The van der Waals surface area contributed by atoms with Gasteiger partial charge in [-0.3, -0.25) is 0 Å². The fourth-order valence-electron chi connectivity index (χ4n) is 1.21. The first-order valence-corrected chi connectivity index (χ1v) is 6.44. The molecule has 2 N–H and O–H groups in total. The maximum atomic E-state index is 5.83. The first kappa shape index (κ1) is 12.6. The first-order chi connectivity index (χ1) is 7.13. The Balaban J connectivity index is 2.20. The number of hydrogen-bond acceptors (Lipinski definition) is 4. The summed E-state index contributed by atoms with van der Waals surface area (Å²) in [5, 5.41) is 0.787. The summed E-state index contributed by atoms with van der Waals surface area (Å²) in [6.07, 6.45) is 3.27. The lowest BCUT2D eigenvalue weighted by atomic mass is 10.1. The van der Waals surface area contributed by atoms with E-state index in [4.69, 9.17) is 10.2 Å². The molecule has 0 saturated heterocycles. The molecule has 0 aliphatic carbocycles. The van der Waals surface area contributed by atoms with Crippen LogP contribution in [-0.2, 0) is 0 Å². The summed E-state index contributed by atoms with van der Waals surface area (Å²) in [5.41, 5.74) is 6.82. The van der Waals surface area contributed by atoms with Gasteiger partial charge in [0.2, 0.25) is 0 Å². The van der Waals surface area contributed by atoms with Crippen molar-refractivity contribution in [3.05, 3.63) is 11.5 Å². The highest BCUT2D eigenvalue weighted by Crippen LogP contribution is 2.21. The SMILES string of the molecule is CCC(N)CCCSc1nc(C)c(C)o1. The summed E-state index contributed by atoms with van der Waals surface area (Å²) in [7, 11) is 0. The quantitative estimate of drug-likeness (QED) is 0.601. The predicted octanol–water partition coefficient (Wildman–Crippen LogP) is 2.90. The molecule has 3 nitrogen and oxygen atoms in total. The molecule has 1 unspecified atom stereocenters. The van der Waals surface area contributed by atoms with Crippen molar-refractivity contribution >= 4 is 11.8 Å². The van der Waals surface area contributed by atoms with Crippen molar-refractivity contribution < 1.29 is 4.42 Å². The van der Waals surface area contributed by atoms with E-state index in [0.29, 0.717) is 6.04 Å². The van der Waals surface area contributed by atoms with E-state index in [-0.39, 0.29) is 0 Å². The summed E-state index contributed by atoms with van der Waals surface area (Å²) >= 11 is 1.67. The lowest BCUT2D eigenvalue weighted by Gasteiger charge is -2.06. The third-order valence-corrected chi connectivity index (χ3v) is 3.39. The van der Waals surface area contributed by atoms with Crippen LogP contribution in [0.3, 0.4) is 0 Å². The molecule has 15 heavy (non-hydrogen) atoms. The van der Waals surface area contributed by atoms with Crippen LogP contribution in [0.25, 0.3) is 0 Å². The molecule has 1 rings (SSSR count). The average Bonchev–Trinajstić information content (AvgIpc) is 2.53. The molecule has 0 spiro atoms. The van der Waals surface area contributed by atoms with E-state index in [1.165, 1.54) is 0 Å². The molecule has 1 atom stereocenters. The molecule has 1 aromatic heterocycles. The summed E-state index contributed by atoms with van der Waals surface area (Å²) < 4.78 is 5.47. The Labute approximate surface area is 95.8 Å². The Morgan fingerprint density at radius 3 is 2.73 bits per heavy atom. The van der Waals surface area contributed by atoms with Gasteiger partial charge in [-0.1, -0.05) is 18.7 Å². The first-order valence-electron chi connectivity index (χ1n) is 5.46. The smallest absolute Gasteiger partial charge is 0.256 e. The molecular weight excluding hydrogens is 208 g/mol. The highest BCUT2D eigenvalue weighted by atomic mass is 32.2. The van der Waals surface area contributed by atoms with Gasteiger partial charge in [0.05, 0.1) is 5.69 Å². The van der Waals surface area contributed by atoms with E-state index < -0.39 is 0 Å². The maximum Gasteiger partial charge on any atom is 0.256 e. The van der Waals surface area contributed by atoms with Gasteiger partial charge in [0, 0.05) is 11.8 Å². The minimum absolute atomic E-state index is 0.346. The van der Waals surface area contributed by atoms with E-state index in [9.17, 15) is 0 Å². The van der Waals surface area contributed by atoms with E-state index in [0.717, 1.165) is 41.7 Å². The van der Waals surface area contributed by atoms with Crippen molar-refractivity contribution in [2.75, 3.05) is 5.75 Å². The van der Waals surface area contributed by atoms with Crippen molar-refractivity contribution in [1.82, 2.24) is 4.98 Å². The Kier molecular flexibility index (Phi) is 5.19. The Bertz CT molecular complexity index is 279. The van der Waals surface area contributed by atoms with Crippen LogP contribution in [0.4, 0.5) is 0 Å². The molecule has 0 radical (unpaired) electrons. The zero-order chi connectivity index (χ0) is 11.3. The normalized spacial score (nSPS) is 13.1. The molecule has 1 heterocycles. The van der Waals surface area contributed by atoms with Gasteiger partial charge >= 0.3 is 0 Å². The second kappa shape index (κ2) is 6.18. The highest BCUT2D eigenvalue weighted by Gasteiger charge is 2.06. The fraction of sp³-hybridized carbons (Fsp3) is 0.727. The molecule has 0 fully saturated rings. The molecule has 4 heteroatoms. The minimum Gasteiger partial charge on any atom is -0.437 e. The lowest BCUT2D eigenvalue weighted by molar-refractivity contribution is 0.431. The number of hydrogen-bond donors (Lipinski definition) is 1. The summed E-state index contributed by atoms with van der Waals surface area (Å²) in [5.74, 6) is 1.95. The fourth-order valence-corrected chi connectivity index (χ4v) is 2.09. The number of oxazole rings is 1. The van der Waals surface area contributed by atoms with Crippen molar-refractivity contribution in [1.29, 1.82) is 0 Å². The second-order valence-electron chi connectivity index (χ2n) is 3.78. The van der Waals surface area contributed by atoms with Crippen molar-refractivity contribution in [3.63, 3.8) is 0 Å². The Morgan fingerprint density at radius 2 is 2.20 bits per heavy atom. The standard InChI is InChI=1S/C11H20N2OS/c1-4-10(12)6-5-7-15-11-13-8(2)9(3)14-11/h10H,4-7,12H2,1-3H3. The van der Waals surface area contributed by atoms with Crippen LogP contribution in [-0.4, -0.2) is 16.8 Å². The number of rotatable bonds is 6. The molecule has 86 valence electrons. The number of nitrogens with two attached hydrogens (primary N) is 1. The van der Waals surface area contributed by atoms with Gasteiger partial charge in [-0.05, 0) is 33.1 Å². The number of aromatic nitrogens is 1. The van der Waals surface area contributed by atoms with Gasteiger partial charge in [-0.25, -0.2) is 4.98 Å². The molecule has 0 saturated carbocycles. The molecule has 0 bridgehead atoms. The highest BCUT2D eigenvalue weighted by molar-refractivity contribution is 7.99. The zero-order valence-corrected chi connectivity index (χ0v) is 10.6. The maximum absolute atomic E-state index is 5.83. The Morgan fingerprint density at radius 1 is 1.47 bits per heavy atom. The molecule has 0 aliphatic heterocycles. The van der Waals surface area contributed by atoms with Gasteiger partial charge in [0.25, 0.3) is 5.22 Å². The van der Waals surface area contributed by atoms with Gasteiger partial charge in [0.1, 0.15) is 5.76 Å². The molecule has 1 aromatic rings. The van der Waals surface area contributed by atoms with Crippen molar-refractivity contribution in [2.24, 2.45) is 5.73 Å². The largest absolute Gasteiger partial charge is 0.437 e. The van der Waals surface area contributed by atoms with Crippen LogP contribution in [0.5, 0.6) is 0 Å². The molecule has 0 amide bonds. The van der Waals surface area contributed by atoms with E-state index in [1.54, 1.807) is 11.8 Å². The van der Waals surface area contributed by atoms with E-state index in [2.05, 4.69) is 11.9 Å². The zero-order valence-electron chi connectivity index (χ0n) is 9.75. The van der Waals surface area contributed by atoms with Crippen LogP contribution in [0.15, 0.2) is 9.64 Å². The predicted molar refractivity (Wildman–Crippen MR) is 64.2 cm³/mol. The second-order valence-corrected chi connectivity index (χ2v) is 4.83. The van der Waals surface area contributed by atoms with Gasteiger partial charge in [-0.15, -0.1) is 0 Å². The van der Waals surface area contributed by atoms with Gasteiger partial charge in [-0.2, -0.15) is 0 Å². The lowest BCUT2D eigenvalue weighted by Crippen LogP contribution is -2.18. The van der Waals surface area contributed by atoms with Crippen molar-refractivity contribution in [3.8, 4) is 0 Å². The molecule has 0 aliphatic rings. The number of nitrogens with zero attached hydrogens (tertiary/aromatic N) is 1. The van der Waals surface area contributed by atoms with Gasteiger partial charge < -0.3 is 10.2 Å². The third-order valence-electron chi connectivity index (χ3n) is 2.48. The molecule has 0 aromatic carbocycles. The van der Waals surface area contributed by atoms with Crippen LogP contribution < -0.4 is 5.73 Å². The molecular formula is C11H20N2OS. The third kappa shape index (κ3) is 4.26. The average molecular weight is 228 g/mol. The summed E-state index contributed by atoms with van der Waals surface area (Å²) in [6.45, 7) is 6.04. The van der Waals surface area contributed by atoms with Gasteiger partial charge in [0.15, 0.2) is 0 Å². The van der Waals surface area contributed by atoms with Crippen LogP contribution in [0, 0.1) is 13.8 Å². The van der Waals surface area contributed by atoms with Crippen LogP contribution >= 0.6 is 11.8 Å². The van der Waals surface area contributed by atoms with Crippen molar-refractivity contribution in [2.45, 2.75) is 51.3 Å². The summed E-state index contributed by atoms with van der Waals surface area (Å²) in [4.78, 5) is 4.31. The topological polar surface area (TPSA) is 52.0 Å². The van der Waals surface area contributed by atoms with E-state index in [1.807, 2.05) is 13.8 Å². The van der Waals surface area contributed by atoms with Crippen LogP contribution in [0.2, 0.25) is 0 Å². The summed E-state index contributed by atoms with van der Waals surface area (Å²) in [6, 6.07) is 0.346.